The van der Waals surface area contributed by atoms with Crippen LogP contribution < -0.4 is 4.74 Å². The van der Waals surface area contributed by atoms with E-state index in [-0.39, 0.29) is 19.1 Å². The van der Waals surface area contributed by atoms with Gasteiger partial charge in [-0.2, -0.15) is 26.3 Å². The summed E-state index contributed by atoms with van der Waals surface area (Å²) in [5.74, 6) is -0.912. The number of aliphatic hydroxyl groups is 1. The van der Waals surface area contributed by atoms with Crippen LogP contribution in [0, 0.1) is 11.3 Å². The van der Waals surface area contributed by atoms with Gasteiger partial charge in [0.15, 0.2) is 0 Å². The molecule has 11 heteroatoms. The number of likely N-dealkylation sites (tertiary alicyclic amines) is 1. The van der Waals surface area contributed by atoms with E-state index in [4.69, 9.17) is 9.84 Å². The van der Waals surface area contributed by atoms with Crippen molar-refractivity contribution in [1.82, 2.24) is 4.90 Å². The number of hydrogen-bond acceptors (Lipinski definition) is 4. The summed E-state index contributed by atoms with van der Waals surface area (Å²) in [5, 5.41) is 18.9. The molecule has 1 fully saturated rings. The summed E-state index contributed by atoms with van der Waals surface area (Å²) in [4.78, 5) is 12.5. The van der Waals surface area contributed by atoms with Gasteiger partial charge in [-0.15, -0.1) is 0 Å². The molecule has 36 heavy (non-hydrogen) atoms. The Labute approximate surface area is 204 Å². The number of halogens is 6. The van der Waals surface area contributed by atoms with Gasteiger partial charge in [-0.25, -0.2) is 0 Å². The van der Waals surface area contributed by atoms with E-state index >= 15 is 0 Å². The number of carbonyl (C=O) groups is 1. The Morgan fingerprint density at radius 3 is 2.42 bits per heavy atom. The number of rotatable bonds is 8. The highest BCUT2D eigenvalue weighted by atomic mass is 19.4. The van der Waals surface area contributed by atoms with Crippen molar-refractivity contribution in [2.75, 3.05) is 19.7 Å². The molecule has 0 bridgehead atoms. The van der Waals surface area contributed by atoms with Crippen molar-refractivity contribution >= 4 is 5.97 Å². The van der Waals surface area contributed by atoms with Crippen LogP contribution in [-0.2, 0) is 23.7 Å². The molecule has 2 aromatic carbocycles. The maximum absolute atomic E-state index is 13.5. The molecule has 0 amide bonds. The molecule has 2 aromatic rings. The highest BCUT2D eigenvalue weighted by Gasteiger charge is 2.42. The van der Waals surface area contributed by atoms with Crippen LogP contribution in [0.1, 0.15) is 48.6 Å². The van der Waals surface area contributed by atoms with Gasteiger partial charge >= 0.3 is 18.3 Å². The average Bonchev–Trinajstić information content (AvgIpc) is 3.03. The van der Waals surface area contributed by atoms with Gasteiger partial charge in [0.2, 0.25) is 0 Å². The SMILES string of the molecule is CC1(C)CN(Cc2cc(C(F)(F)F)ccc2C(F)(F)F)CC1COc1cccc([C@H](O)CC(=O)O)c1. The lowest BCUT2D eigenvalue weighted by Crippen LogP contribution is -2.27. The van der Waals surface area contributed by atoms with Gasteiger partial charge < -0.3 is 14.9 Å². The number of aliphatic carboxylic acids is 1. The standard InChI is InChI=1S/C25H27F6NO4/c1-23(2)14-32(11-16-8-17(24(26,27)28)6-7-20(16)25(29,30)31)12-18(23)13-36-19-5-3-4-15(9-19)21(33)10-22(34)35/h3-9,18,21,33H,10-14H2,1-2H3,(H,34,35)/t18?,21-/m1/s1. The molecule has 0 aliphatic carbocycles. The topological polar surface area (TPSA) is 70.0 Å². The van der Waals surface area contributed by atoms with Gasteiger partial charge in [0.05, 0.1) is 30.3 Å². The molecule has 2 atom stereocenters. The third-order valence-corrected chi connectivity index (χ3v) is 6.41. The molecular weight excluding hydrogens is 492 g/mol. The van der Waals surface area contributed by atoms with Crippen molar-refractivity contribution in [3.05, 3.63) is 64.7 Å². The predicted molar refractivity (Wildman–Crippen MR) is 118 cm³/mol. The number of aliphatic hydroxyl groups excluding tert-OH is 1. The average molecular weight is 519 g/mol. The zero-order chi connectivity index (χ0) is 26.9. The van der Waals surface area contributed by atoms with Crippen LogP contribution in [0.15, 0.2) is 42.5 Å². The number of carboxylic acids is 1. The molecule has 3 rings (SSSR count). The van der Waals surface area contributed by atoms with Crippen molar-refractivity contribution in [2.45, 2.75) is 45.3 Å². The van der Waals surface area contributed by atoms with Crippen molar-refractivity contribution in [3.63, 3.8) is 0 Å². The fraction of sp³-hybridized carbons (Fsp3) is 0.480. The number of ether oxygens (including phenoxy) is 1. The highest BCUT2D eigenvalue weighted by molar-refractivity contribution is 5.67. The van der Waals surface area contributed by atoms with Gasteiger partial charge in [-0.3, -0.25) is 9.69 Å². The predicted octanol–water partition coefficient (Wildman–Crippen LogP) is 5.77. The molecule has 0 aromatic heterocycles. The Morgan fingerprint density at radius 2 is 1.81 bits per heavy atom. The number of benzene rings is 2. The minimum Gasteiger partial charge on any atom is -0.493 e. The number of hydrogen-bond donors (Lipinski definition) is 2. The molecule has 5 nitrogen and oxygen atoms in total. The fourth-order valence-corrected chi connectivity index (χ4v) is 4.44. The first-order chi connectivity index (χ1) is 16.6. The molecule has 1 saturated heterocycles. The number of alkyl halides is 6. The second-order valence-electron chi connectivity index (χ2n) is 9.72. The molecule has 0 spiro atoms. The molecular formula is C25H27F6NO4. The maximum Gasteiger partial charge on any atom is 0.416 e. The van der Waals surface area contributed by atoms with Crippen LogP contribution in [0.2, 0.25) is 0 Å². The summed E-state index contributed by atoms with van der Waals surface area (Å²) in [5.41, 5.74) is -2.69. The number of nitrogens with zero attached hydrogens (tertiary/aromatic N) is 1. The molecule has 0 radical (unpaired) electrons. The third-order valence-electron chi connectivity index (χ3n) is 6.41. The number of carboxylic acid groups (broad SMARTS) is 1. The normalized spacial score (nSPS) is 19.3. The lowest BCUT2D eigenvalue weighted by Gasteiger charge is -2.26. The van der Waals surface area contributed by atoms with Crippen LogP contribution in [0.5, 0.6) is 5.75 Å². The van der Waals surface area contributed by atoms with Crippen molar-refractivity contribution in [3.8, 4) is 5.75 Å². The largest absolute Gasteiger partial charge is 0.493 e. The molecule has 1 aliphatic rings. The summed E-state index contributed by atoms with van der Waals surface area (Å²) in [7, 11) is 0. The van der Waals surface area contributed by atoms with Gasteiger partial charge in [0, 0.05) is 25.6 Å². The van der Waals surface area contributed by atoms with Crippen LogP contribution in [-0.4, -0.2) is 40.8 Å². The van der Waals surface area contributed by atoms with E-state index in [1.165, 1.54) is 6.07 Å². The molecule has 2 N–H and O–H groups in total. The second-order valence-corrected chi connectivity index (χ2v) is 9.72. The van der Waals surface area contributed by atoms with Crippen LogP contribution in [0.4, 0.5) is 26.3 Å². The first-order valence-electron chi connectivity index (χ1n) is 11.2. The minimum absolute atomic E-state index is 0.148. The summed E-state index contributed by atoms with van der Waals surface area (Å²) in [6, 6.07) is 7.81. The van der Waals surface area contributed by atoms with E-state index in [1.807, 2.05) is 13.8 Å². The van der Waals surface area contributed by atoms with Crippen molar-refractivity contribution in [1.29, 1.82) is 0 Å². The van der Waals surface area contributed by atoms with E-state index in [0.29, 0.717) is 42.6 Å². The van der Waals surface area contributed by atoms with Gasteiger partial charge in [0.1, 0.15) is 5.75 Å². The lowest BCUT2D eigenvalue weighted by molar-refractivity contribution is -0.142. The first kappa shape index (κ1) is 27.8. The zero-order valence-corrected chi connectivity index (χ0v) is 19.7. The smallest absolute Gasteiger partial charge is 0.416 e. The van der Waals surface area contributed by atoms with Gasteiger partial charge in [-0.05, 0) is 46.9 Å². The molecule has 0 saturated carbocycles. The summed E-state index contributed by atoms with van der Waals surface area (Å²) >= 11 is 0. The van der Waals surface area contributed by atoms with Crippen molar-refractivity contribution < 1.29 is 46.1 Å². The summed E-state index contributed by atoms with van der Waals surface area (Å²) < 4.78 is 85.7. The lowest BCUT2D eigenvalue weighted by atomic mass is 9.83. The quantitative estimate of drug-likeness (QED) is 0.434. The van der Waals surface area contributed by atoms with Crippen LogP contribution >= 0.6 is 0 Å². The molecule has 1 unspecified atom stereocenters. The Balaban J connectivity index is 1.72. The summed E-state index contributed by atoms with van der Waals surface area (Å²) in [6.45, 7) is 4.36. The van der Waals surface area contributed by atoms with Crippen molar-refractivity contribution in [2.24, 2.45) is 11.3 Å². The van der Waals surface area contributed by atoms with E-state index in [9.17, 15) is 36.2 Å². The van der Waals surface area contributed by atoms with Gasteiger partial charge in [0.25, 0.3) is 0 Å². The van der Waals surface area contributed by atoms with Crippen LogP contribution in [0.3, 0.4) is 0 Å². The third kappa shape index (κ3) is 6.91. The van der Waals surface area contributed by atoms with E-state index in [1.54, 1.807) is 23.1 Å². The second kappa shape index (κ2) is 10.3. The van der Waals surface area contributed by atoms with E-state index in [0.717, 1.165) is 0 Å². The Bertz CT molecular complexity index is 1080. The van der Waals surface area contributed by atoms with E-state index in [2.05, 4.69) is 0 Å². The maximum atomic E-state index is 13.5. The minimum atomic E-state index is -4.78. The van der Waals surface area contributed by atoms with Gasteiger partial charge in [-0.1, -0.05) is 26.0 Å². The zero-order valence-electron chi connectivity index (χ0n) is 19.7. The Morgan fingerprint density at radius 1 is 1.11 bits per heavy atom. The van der Waals surface area contributed by atoms with Crippen LogP contribution in [0.25, 0.3) is 0 Å². The molecule has 1 aliphatic heterocycles. The monoisotopic (exact) mass is 519 g/mol. The first-order valence-corrected chi connectivity index (χ1v) is 11.2. The fourth-order valence-electron chi connectivity index (χ4n) is 4.44. The molecule has 1 heterocycles. The Hall–Kier alpha value is -2.79. The summed E-state index contributed by atoms with van der Waals surface area (Å²) in [6.07, 6.45) is -11.2. The Kier molecular flexibility index (Phi) is 7.95. The van der Waals surface area contributed by atoms with E-state index < -0.39 is 53.0 Å². The molecule has 198 valence electrons. The highest BCUT2D eigenvalue weighted by Crippen LogP contribution is 2.40.